The van der Waals surface area contributed by atoms with Crippen LogP contribution in [-0.2, 0) is 12.0 Å². The first-order valence-corrected chi connectivity index (χ1v) is 6.77. The molecule has 0 amide bonds. The molecular weight excluding hydrogens is 222 g/mol. The van der Waals surface area contributed by atoms with E-state index in [2.05, 4.69) is 50.4 Å². The van der Waals surface area contributed by atoms with Crippen LogP contribution in [0.15, 0.2) is 24.3 Å². The van der Waals surface area contributed by atoms with E-state index in [0.717, 1.165) is 13.0 Å². The zero-order valence-corrected chi connectivity index (χ0v) is 12.4. The summed E-state index contributed by atoms with van der Waals surface area (Å²) in [5.74, 6) is 0. The predicted molar refractivity (Wildman–Crippen MR) is 77.8 cm³/mol. The molecule has 1 aromatic rings. The number of nitrogens with one attached hydrogen (secondary N) is 1. The summed E-state index contributed by atoms with van der Waals surface area (Å²) in [5, 5.41) is 13.2. The average Bonchev–Trinajstić information content (AvgIpc) is 2.28. The number of hydrogen-bond donors (Lipinski definition) is 2. The highest BCUT2D eigenvalue weighted by Crippen LogP contribution is 2.22. The molecule has 0 aromatic heterocycles. The monoisotopic (exact) mass is 249 g/mol. The van der Waals surface area contributed by atoms with Crippen LogP contribution in [0.2, 0.25) is 0 Å². The molecule has 0 aliphatic carbocycles. The van der Waals surface area contributed by atoms with E-state index in [4.69, 9.17) is 0 Å². The van der Waals surface area contributed by atoms with Crippen LogP contribution in [0.25, 0.3) is 0 Å². The van der Waals surface area contributed by atoms with Crippen molar-refractivity contribution in [2.24, 2.45) is 0 Å². The maximum Gasteiger partial charge on any atom is 0.0741 e. The van der Waals surface area contributed by atoms with Gasteiger partial charge in [-0.2, -0.15) is 0 Å². The van der Waals surface area contributed by atoms with Crippen molar-refractivity contribution in [1.82, 2.24) is 5.32 Å². The van der Waals surface area contributed by atoms with E-state index in [1.165, 1.54) is 11.1 Å². The number of hydrogen-bond acceptors (Lipinski definition) is 2. The highest BCUT2D eigenvalue weighted by Gasteiger charge is 2.16. The molecule has 0 saturated carbocycles. The minimum absolute atomic E-state index is 0.206. The van der Waals surface area contributed by atoms with Gasteiger partial charge in [-0.15, -0.1) is 0 Å². The molecule has 2 nitrogen and oxygen atoms in total. The Bertz CT molecular complexity index is 360. The fourth-order valence-corrected chi connectivity index (χ4v) is 1.72. The lowest BCUT2D eigenvalue weighted by Gasteiger charge is -2.22. The molecule has 0 radical (unpaired) electrons. The van der Waals surface area contributed by atoms with Crippen LogP contribution in [0.3, 0.4) is 0 Å². The van der Waals surface area contributed by atoms with Gasteiger partial charge in [0.1, 0.15) is 0 Å². The SMILES string of the molecule is CCC(C)(O)CNCc1ccc(C(C)(C)C)cc1. The molecule has 1 rings (SSSR count). The van der Waals surface area contributed by atoms with Gasteiger partial charge in [-0.1, -0.05) is 52.0 Å². The molecule has 0 spiro atoms. The summed E-state index contributed by atoms with van der Waals surface area (Å²) in [6, 6.07) is 8.70. The first-order valence-electron chi connectivity index (χ1n) is 6.77. The van der Waals surface area contributed by atoms with Gasteiger partial charge in [0, 0.05) is 13.1 Å². The van der Waals surface area contributed by atoms with Crippen LogP contribution >= 0.6 is 0 Å². The second-order valence-electron chi connectivity index (χ2n) is 6.40. The Hall–Kier alpha value is -0.860. The van der Waals surface area contributed by atoms with Crippen molar-refractivity contribution < 1.29 is 5.11 Å². The summed E-state index contributed by atoms with van der Waals surface area (Å²) in [6.45, 7) is 12.0. The van der Waals surface area contributed by atoms with Crippen LogP contribution in [0.1, 0.15) is 52.2 Å². The summed E-state index contributed by atoms with van der Waals surface area (Å²) >= 11 is 0. The van der Waals surface area contributed by atoms with E-state index in [1.54, 1.807) is 0 Å². The van der Waals surface area contributed by atoms with Crippen molar-refractivity contribution in [3.05, 3.63) is 35.4 Å². The smallest absolute Gasteiger partial charge is 0.0741 e. The fourth-order valence-electron chi connectivity index (χ4n) is 1.72. The summed E-state index contributed by atoms with van der Waals surface area (Å²) in [6.07, 6.45) is 0.767. The topological polar surface area (TPSA) is 32.3 Å². The molecule has 18 heavy (non-hydrogen) atoms. The van der Waals surface area contributed by atoms with Crippen LogP contribution in [0, 0.1) is 0 Å². The first-order chi connectivity index (χ1) is 8.24. The molecule has 0 aliphatic rings. The van der Waals surface area contributed by atoms with Crippen LogP contribution in [0.4, 0.5) is 0 Å². The van der Waals surface area contributed by atoms with Gasteiger partial charge in [0.2, 0.25) is 0 Å². The van der Waals surface area contributed by atoms with Crippen molar-refractivity contribution in [2.45, 2.75) is 58.6 Å². The zero-order valence-electron chi connectivity index (χ0n) is 12.4. The first kappa shape index (κ1) is 15.2. The molecule has 2 N–H and O–H groups in total. The highest BCUT2D eigenvalue weighted by molar-refractivity contribution is 5.27. The van der Waals surface area contributed by atoms with Gasteiger partial charge in [-0.3, -0.25) is 0 Å². The third kappa shape index (κ3) is 4.79. The Balaban J connectivity index is 2.50. The van der Waals surface area contributed by atoms with Gasteiger partial charge >= 0.3 is 0 Å². The Morgan fingerprint density at radius 2 is 1.61 bits per heavy atom. The van der Waals surface area contributed by atoms with E-state index >= 15 is 0 Å². The predicted octanol–water partition coefficient (Wildman–Crippen LogP) is 3.23. The van der Waals surface area contributed by atoms with Crippen molar-refractivity contribution in [2.75, 3.05) is 6.54 Å². The standard InChI is InChI=1S/C16H27NO/c1-6-16(5,18)12-17-11-13-7-9-14(10-8-13)15(2,3)4/h7-10,17-18H,6,11-12H2,1-5H3. The molecule has 1 atom stereocenters. The fraction of sp³-hybridized carbons (Fsp3) is 0.625. The van der Waals surface area contributed by atoms with E-state index in [-0.39, 0.29) is 5.41 Å². The van der Waals surface area contributed by atoms with Crippen molar-refractivity contribution in [3.63, 3.8) is 0 Å². The second kappa shape index (κ2) is 5.85. The molecule has 1 unspecified atom stereocenters. The van der Waals surface area contributed by atoms with Crippen LogP contribution in [-0.4, -0.2) is 17.3 Å². The van der Waals surface area contributed by atoms with Gasteiger partial charge in [0.15, 0.2) is 0 Å². The Morgan fingerprint density at radius 1 is 1.06 bits per heavy atom. The van der Waals surface area contributed by atoms with Gasteiger partial charge < -0.3 is 10.4 Å². The van der Waals surface area contributed by atoms with Crippen LogP contribution < -0.4 is 5.32 Å². The maximum absolute atomic E-state index is 9.89. The van der Waals surface area contributed by atoms with Crippen LogP contribution in [0.5, 0.6) is 0 Å². The molecule has 2 heteroatoms. The molecular formula is C16H27NO. The minimum Gasteiger partial charge on any atom is -0.389 e. The molecule has 1 aromatic carbocycles. The van der Waals surface area contributed by atoms with Gasteiger partial charge in [-0.05, 0) is 29.9 Å². The number of rotatable bonds is 5. The molecule has 0 heterocycles. The highest BCUT2D eigenvalue weighted by atomic mass is 16.3. The second-order valence-corrected chi connectivity index (χ2v) is 6.40. The van der Waals surface area contributed by atoms with Crippen molar-refractivity contribution >= 4 is 0 Å². The zero-order chi connectivity index (χ0) is 13.8. The quantitative estimate of drug-likeness (QED) is 0.839. The summed E-state index contributed by atoms with van der Waals surface area (Å²) in [4.78, 5) is 0. The summed E-state index contributed by atoms with van der Waals surface area (Å²) in [7, 11) is 0. The summed E-state index contributed by atoms with van der Waals surface area (Å²) in [5.41, 5.74) is 2.21. The average molecular weight is 249 g/mol. The lowest BCUT2D eigenvalue weighted by Crippen LogP contribution is -2.36. The summed E-state index contributed by atoms with van der Waals surface area (Å²) < 4.78 is 0. The molecule has 0 fully saturated rings. The van der Waals surface area contributed by atoms with E-state index in [1.807, 2.05) is 13.8 Å². The largest absolute Gasteiger partial charge is 0.389 e. The third-order valence-electron chi connectivity index (χ3n) is 3.42. The minimum atomic E-state index is -0.606. The Labute approximate surface area is 111 Å². The van der Waals surface area contributed by atoms with Gasteiger partial charge in [0.25, 0.3) is 0 Å². The maximum atomic E-state index is 9.89. The van der Waals surface area contributed by atoms with E-state index in [0.29, 0.717) is 6.54 Å². The van der Waals surface area contributed by atoms with E-state index < -0.39 is 5.60 Å². The van der Waals surface area contributed by atoms with Gasteiger partial charge in [-0.25, -0.2) is 0 Å². The lowest BCUT2D eigenvalue weighted by molar-refractivity contribution is 0.0555. The van der Waals surface area contributed by atoms with Crippen molar-refractivity contribution in [3.8, 4) is 0 Å². The molecule has 0 bridgehead atoms. The number of benzene rings is 1. The molecule has 102 valence electrons. The molecule has 0 aliphatic heterocycles. The Kier molecular flexibility index (Phi) is 4.94. The van der Waals surface area contributed by atoms with Crippen molar-refractivity contribution in [1.29, 1.82) is 0 Å². The normalized spacial score (nSPS) is 15.4. The Morgan fingerprint density at radius 3 is 2.06 bits per heavy atom. The third-order valence-corrected chi connectivity index (χ3v) is 3.42. The van der Waals surface area contributed by atoms with E-state index in [9.17, 15) is 5.11 Å². The van der Waals surface area contributed by atoms with Gasteiger partial charge in [0.05, 0.1) is 5.60 Å². The molecule has 0 saturated heterocycles. The lowest BCUT2D eigenvalue weighted by atomic mass is 9.87. The number of aliphatic hydroxyl groups is 1.